The lowest BCUT2D eigenvalue weighted by atomic mass is 9.96. The zero-order valence-electron chi connectivity index (χ0n) is 17.1. The van der Waals surface area contributed by atoms with Gasteiger partial charge < -0.3 is 4.74 Å². The van der Waals surface area contributed by atoms with Crippen LogP contribution in [0.15, 0.2) is 60.7 Å². The largest absolute Gasteiger partial charge is 0.494 e. The van der Waals surface area contributed by atoms with E-state index in [1.54, 1.807) is 30.3 Å². The molecular weight excluding hydrogens is 382 g/mol. The van der Waals surface area contributed by atoms with E-state index < -0.39 is 11.6 Å². The Morgan fingerprint density at radius 2 is 1.67 bits per heavy atom. The highest BCUT2D eigenvalue weighted by Gasteiger charge is 2.12. The molecule has 2 nitrogen and oxygen atoms in total. The zero-order valence-corrected chi connectivity index (χ0v) is 17.1. The van der Waals surface area contributed by atoms with Crippen LogP contribution in [0.3, 0.4) is 0 Å². The Hall–Kier alpha value is -3.27. The summed E-state index contributed by atoms with van der Waals surface area (Å²) < 4.78 is 34.0. The molecule has 154 valence electrons. The van der Waals surface area contributed by atoms with Crippen molar-refractivity contribution in [1.29, 1.82) is 0 Å². The standard InChI is InChI=1S/C26H24F2O2/c1-18-8-9-21(15-19(18)2)16-22(24-6-3-7-25(27)26(24)28)5-4-14-30-23-12-10-20(17-29)11-13-23/h3,6-13,15-17H,4-5,14H2,1-2H3/b22-16+. The maximum atomic E-state index is 14.5. The van der Waals surface area contributed by atoms with Gasteiger partial charge in [-0.25, -0.2) is 8.78 Å². The van der Waals surface area contributed by atoms with Gasteiger partial charge in [0.2, 0.25) is 0 Å². The fraction of sp³-hybridized carbons (Fsp3) is 0.192. The van der Waals surface area contributed by atoms with Crippen LogP contribution in [0.1, 0.15) is 45.5 Å². The van der Waals surface area contributed by atoms with Crippen LogP contribution in [0.2, 0.25) is 0 Å². The maximum absolute atomic E-state index is 14.5. The lowest BCUT2D eigenvalue weighted by Crippen LogP contribution is -2.00. The van der Waals surface area contributed by atoms with Gasteiger partial charge in [-0.2, -0.15) is 0 Å². The second-order valence-electron chi connectivity index (χ2n) is 7.25. The van der Waals surface area contributed by atoms with Gasteiger partial charge in [0.15, 0.2) is 11.6 Å². The first-order chi connectivity index (χ1) is 14.5. The van der Waals surface area contributed by atoms with E-state index in [9.17, 15) is 13.6 Å². The SMILES string of the molecule is Cc1ccc(/C=C(\CCCOc2ccc(C=O)cc2)c2cccc(F)c2F)cc1C. The third-order valence-electron chi connectivity index (χ3n) is 5.04. The normalized spacial score (nSPS) is 11.4. The van der Waals surface area contributed by atoms with Crippen molar-refractivity contribution in [3.8, 4) is 5.75 Å². The van der Waals surface area contributed by atoms with Gasteiger partial charge >= 0.3 is 0 Å². The quantitative estimate of drug-likeness (QED) is 0.234. The molecule has 0 atom stereocenters. The summed E-state index contributed by atoms with van der Waals surface area (Å²) in [6, 6.07) is 17.1. The third kappa shape index (κ3) is 5.41. The highest BCUT2D eigenvalue weighted by atomic mass is 19.2. The van der Waals surface area contributed by atoms with Gasteiger partial charge in [0.1, 0.15) is 12.0 Å². The molecule has 0 spiro atoms. The number of ether oxygens (including phenoxy) is 1. The molecule has 30 heavy (non-hydrogen) atoms. The van der Waals surface area contributed by atoms with E-state index in [1.165, 1.54) is 11.6 Å². The van der Waals surface area contributed by atoms with E-state index in [0.717, 1.165) is 29.1 Å². The monoisotopic (exact) mass is 406 g/mol. The molecule has 0 N–H and O–H groups in total. The highest BCUT2D eigenvalue weighted by molar-refractivity contribution is 5.82. The number of aryl methyl sites for hydroxylation is 2. The molecule has 0 saturated heterocycles. The Bertz CT molecular complexity index is 1050. The van der Waals surface area contributed by atoms with E-state index in [0.29, 0.717) is 30.8 Å². The van der Waals surface area contributed by atoms with E-state index in [4.69, 9.17) is 4.74 Å². The van der Waals surface area contributed by atoms with Crippen LogP contribution in [0, 0.1) is 25.5 Å². The molecule has 3 aromatic rings. The summed E-state index contributed by atoms with van der Waals surface area (Å²) in [5.41, 5.74) is 4.84. The van der Waals surface area contributed by atoms with Crippen molar-refractivity contribution in [2.45, 2.75) is 26.7 Å². The zero-order chi connectivity index (χ0) is 21.5. The number of hydrogen-bond donors (Lipinski definition) is 0. The molecule has 3 rings (SSSR count). The van der Waals surface area contributed by atoms with Crippen LogP contribution >= 0.6 is 0 Å². The number of aldehydes is 1. The van der Waals surface area contributed by atoms with Crippen LogP contribution in [-0.4, -0.2) is 12.9 Å². The number of allylic oxidation sites excluding steroid dienone is 1. The molecule has 0 fully saturated rings. The van der Waals surface area contributed by atoms with Crippen molar-refractivity contribution in [3.05, 3.63) is 100 Å². The molecule has 3 aromatic carbocycles. The van der Waals surface area contributed by atoms with Gasteiger partial charge in [-0.1, -0.05) is 36.4 Å². The Kier molecular flexibility index (Phi) is 7.12. The van der Waals surface area contributed by atoms with Crippen LogP contribution in [0.4, 0.5) is 8.78 Å². The van der Waals surface area contributed by atoms with Crippen molar-refractivity contribution >= 4 is 17.9 Å². The molecule has 4 heteroatoms. The third-order valence-corrected chi connectivity index (χ3v) is 5.04. The maximum Gasteiger partial charge on any atom is 0.166 e. The molecule has 0 aliphatic heterocycles. The van der Waals surface area contributed by atoms with Crippen molar-refractivity contribution < 1.29 is 18.3 Å². The van der Waals surface area contributed by atoms with Gasteiger partial charge in [0.25, 0.3) is 0 Å². The summed E-state index contributed by atoms with van der Waals surface area (Å²) >= 11 is 0. The summed E-state index contributed by atoms with van der Waals surface area (Å²) in [5, 5.41) is 0. The first-order valence-electron chi connectivity index (χ1n) is 9.88. The summed E-state index contributed by atoms with van der Waals surface area (Å²) in [6.45, 7) is 4.48. The molecule has 0 aliphatic carbocycles. The molecule has 0 unspecified atom stereocenters. The minimum Gasteiger partial charge on any atom is -0.494 e. The average Bonchev–Trinajstić information content (AvgIpc) is 2.75. The number of rotatable bonds is 8. The smallest absolute Gasteiger partial charge is 0.166 e. The Labute approximate surface area is 175 Å². The van der Waals surface area contributed by atoms with Gasteiger partial charge in [-0.15, -0.1) is 0 Å². The van der Waals surface area contributed by atoms with E-state index >= 15 is 0 Å². The van der Waals surface area contributed by atoms with E-state index in [-0.39, 0.29) is 5.56 Å². The minimum absolute atomic E-state index is 0.267. The van der Waals surface area contributed by atoms with Gasteiger partial charge in [-0.3, -0.25) is 4.79 Å². The summed E-state index contributed by atoms with van der Waals surface area (Å²) in [6.07, 6.45) is 3.84. The van der Waals surface area contributed by atoms with E-state index in [1.807, 2.05) is 38.1 Å². The lowest BCUT2D eigenvalue weighted by Gasteiger charge is -2.12. The summed E-state index contributed by atoms with van der Waals surface area (Å²) in [4.78, 5) is 10.7. The minimum atomic E-state index is -0.856. The fourth-order valence-corrected chi connectivity index (χ4v) is 3.19. The summed E-state index contributed by atoms with van der Waals surface area (Å²) in [7, 11) is 0. The Balaban J connectivity index is 1.77. The summed E-state index contributed by atoms with van der Waals surface area (Å²) in [5.74, 6) is -1.03. The van der Waals surface area contributed by atoms with Gasteiger partial charge in [-0.05, 0) is 79.3 Å². The predicted molar refractivity (Wildman–Crippen MR) is 117 cm³/mol. The van der Waals surface area contributed by atoms with Crippen molar-refractivity contribution in [3.63, 3.8) is 0 Å². The topological polar surface area (TPSA) is 26.3 Å². The van der Waals surface area contributed by atoms with E-state index in [2.05, 4.69) is 0 Å². The van der Waals surface area contributed by atoms with Gasteiger partial charge in [0.05, 0.1) is 6.61 Å². The molecule has 0 bridgehead atoms. The Morgan fingerprint density at radius 3 is 2.37 bits per heavy atom. The number of carbonyl (C=O) groups excluding carboxylic acids is 1. The molecule has 0 heterocycles. The molecule has 0 aliphatic rings. The molecular formula is C26H24F2O2. The highest BCUT2D eigenvalue weighted by Crippen LogP contribution is 2.27. The molecule has 0 saturated carbocycles. The van der Waals surface area contributed by atoms with Gasteiger partial charge in [0, 0.05) is 11.1 Å². The van der Waals surface area contributed by atoms with Crippen LogP contribution in [0.25, 0.3) is 11.6 Å². The van der Waals surface area contributed by atoms with Crippen molar-refractivity contribution in [2.24, 2.45) is 0 Å². The first kappa shape index (κ1) is 21.4. The number of benzene rings is 3. The second-order valence-corrected chi connectivity index (χ2v) is 7.25. The number of halogens is 2. The predicted octanol–water partition coefficient (Wildman–Crippen LogP) is 6.79. The number of carbonyl (C=O) groups is 1. The number of hydrogen-bond acceptors (Lipinski definition) is 2. The average molecular weight is 406 g/mol. The van der Waals surface area contributed by atoms with Crippen molar-refractivity contribution in [2.75, 3.05) is 6.61 Å². The molecule has 0 amide bonds. The van der Waals surface area contributed by atoms with Crippen molar-refractivity contribution in [1.82, 2.24) is 0 Å². The first-order valence-corrected chi connectivity index (χ1v) is 9.88. The van der Waals surface area contributed by atoms with Crippen LogP contribution in [0.5, 0.6) is 5.75 Å². The van der Waals surface area contributed by atoms with Crippen LogP contribution < -0.4 is 4.74 Å². The second kappa shape index (κ2) is 9.97. The fourth-order valence-electron chi connectivity index (χ4n) is 3.19. The lowest BCUT2D eigenvalue weighted by molar-refractivity contribution is 0.112. The molecule has 0 aromatic heterocycles. The Morgan fingerprint density at radius 1 is 0.933 bits per heavy atom. The molecule has 0 radical (unpaired) electrons. The van der Waals surface area contributed by atoms with Crippen LogP contribution in [-0.2, 0) is 0 Å².